The molecule has 6 rings (SSSR count). The summed E-state index contributed by atoms with van der Waals surface area (Å²) in [4.78, 5) is 0. The van der Waals surface area contributed by atoms with Crippen molar-refractivity contribution in [3.8, 4) is 17.2 Å². The Labute approximate surface area is 218 Å². The first kappa shape index (κ1) is 23.2. The highest BCUT2D eigenvalue weighted by Gasteiger charge is 2.40. The summed E-state index contributed by atoms with van der Waals surface area (Å²) in [5.41, 5.74) is 4.70. The van der Waals surface area contributed by atoms with Crippen LogP contribution in [0, 0.1) is 5.92 Å². The summed E-state index contributed by atoms with van der Waals surface area (Å²) in [5, 5.41) is 3.86. The number of allylic oxidation sites excluding steroid dienone is 2. The first-order valence-corrected chi connectivity index (χ1v) is 13.0. The summed E-state index contributed by atoms with van der Waals surface area (Å²) in [6.45, 7) is 1.50. The van der Waals surface area contributed by atoms with Gasteiger partial charge < -0.3 is 19.5 Å². The van der Waals surface area contributed by atoms with Crippen LogP contribution in [0.25, 0.3) is 0 Å². The fourth-order valence-electron chi connectivity index (χ4n) is 5.45. The Balaban J connectivity index is 1.22. The molecule has 4 heteroatoms. The molecule has 0 bridgehead atoms. The van der Waals surface area contributed by atoms with Crippen molar-refractivity contribution in [3.05, 3.63) is 132 Å². The molecule has 3 unspecified atom stereocenters. The monoisotopic (exact) mass is 489 g/mol. The Morgan fingerprint density at radius 1 is 0.649 bits per heavy atom. The van der Waals surface area contributed by atoms with Crippen molar-refractivity contribution in [2.24, 2.45) is 5.92 Å². The molecule has 0 saturated carbocycles. The minimum atomic E-state index is 0.116. The van der Waals surface area contributed by atoms with Gasteiger partial charge in [0.1, 0.15) is 37.1 Å². The Bertz CT molecular complexity index is 1350. The lowest BCUT2D eigenvalue weighted by atomic mass is 9.76. The molecule has 0 amide bonds. The number of hydrogen-bond donors (Lipinski definition) is 1. The van der Waals surface area contributed by atoms with Gasteiger partial charge in [-0.1, -0.05) is 91.0 Å². The summed E-state index contributed by atoms with van der Waals surface area (Å²) in [5.74, 6) is 3.40. The SMILES string of the molecule is C1=CC2c3cccc(OCCOc4ccccc4)c3NC(c3ccccc3OCc3ccccc3)C2C1. The van der Waals surface area contributed by atoms with E-state index >= 15 is 0 Å². The van der Waals surface area contributed by atoms with E-state index in [2.05, 4.69) is 59.9 Å². The van der Waals surface area contributed by atoms with Gasteiger partial charge >= 0.3 is 0 Å². The number of ether oxygens (including phenoxy) is 3. The molecular weight excluding hydrogens is 458 g/mol. The van der Waals surface area contributed by atoms with Crippen molar-refractivity contribution in [2.45, 2.75) is 25.0 Å². The minimum Gasteiger partial charge on any atom is -0.490 e. The molecular formula is C33H31NO3. The predicted octanol–water partition coefficient (Wildman–Crippen LogP) is 7.55. The highest BCUT2D eigenvalue weighted by atomic mass is 16.5. The molecule has 0 radical (unpaired) electrons. The summed E-state index contributed by atoms with van der Waals surface area (Å²) in [6.07, 6.45) is 5.70. The topological polar surface area (TPSA) is 39.7 Å². The van der Waals surface area contributed by atoms with E-state index in [0.29, 0.717) is 31.7 Å². The van der Waals surface area contributed by atoms with E-state index in [1.807, 2.05) is 60.7 Å². The summed E-state index contributed by atoms with van der Waals surface area (Å²) >= 11 is 0. The standard InChI is InChI=1S/C33H31NO3/c1-3-11-24(12-4-1)23-37-30-19-8-7-15-29(30)32-27-17-9-16-26(27)28-18-10-20-31(33(28)34-32)36-22-21-35-25-13-5-2-6-14-25/h1-16,18-20,26-27,32,34H,17,21-23H2. The van der Waals surface area contributed by atoms with Gasteiger partial charge in [-0.15, -0.1) is 0 Å². The predicted molar refractivity (Wildman–Crippen MR) is 147 cm³/mol. The molecule has 4 aromatic carbocycles. The molecule has 3 atom stereocenters. The number of nitrogens with one attached hydrogen (secondary N) is 1. The Morgan fingerprint density at radius 2 is 1.35 bits per heavy atom. The zero-order valence-corrected chi connectivity index (χ0v) is 20.8. The van der Waals surface area contributed by atoms with E-state index in [0.717, 1.165) is 34.9 Å². The van der Waals surface area contributed by atoms with Gasteiger partial charge in [-0.05, 0) is 47.7 Å². The second-order valence-corrected chi connectivity index (χ2v) is 9.52. The third-order valence-electron chi connectivity index (χ3n) is 7.20. The van der Waals surface area contributed by atoms with Crippen LogP contribution < -0.4 is 19.5 Å². The molecule has 1 heterocycles. The van der Waals surface area contributed by atoms with Crippen molar-refractivity contribution < 1.29 is 14.2 Å². The maximum atomic E-state index is 6.36. The zero-order chi connectivity index (χ0) is 24.9. The van der Waals surface area contributed by atoms with Crippen molar-refractivity contribution in [1.82, 2.24) is 0 Å². The molecule has 1 N–H and O–H groups in total. The van der Waals surface area contributed by atoms with Gasteiger partial charge in [0.15, 0.2) is 0 Å². The van der Waals surface area contributed by atoms with Gasteiger partial charge in [0.25, 0.3) is 0 Å². The number of anilines is 1. The van der Waals surface area contributed by atoms with Gasteiger partial charge in [0.05, 0.1) is 11.7 Å². The molecule has 0 aromatic heterocycles. The van der Waals surface area contributed by atoms with Crippen LogP contribution in [0.1, 0.15) is 35.1 Å². The van der Waals surface area contributed by atoms with Gasteiger partial charge in [-0.3, -0.25) is 0 Å². The second-order valence-electron chi connectivity index (χ2n) is 9.52. The molecule has 4 nitrogen and oxygen atoms in total. The first-order valence-electron chi connectivity index (χ1n) is 13.0. The lowest BCUT2D eigenvalue weighted by Crippen LogP contribution is -2.30. The average Bonchev–Trinajstić information content (AvgIpc) is 3.46. The van der Waals surface area contributed by atoms with Crippen LogP contribution >= 0.6 is 0 Å². The van der Waals surface area contributed by atoms with Crippen molar-refractivity contribution in [2.75, 3.05) is 18.5 Å². The number of para-hydroxylation sites is 3. The molecule has 0 spiro atoms. The van der Waals surface area contributed by atoms with Gasteiger partial charge in [-0.2, -0.15) is 0 Å². The Kier molecular flexibility index (Phi) is 6.80. The fourth-order valence-corrected chi connectivity index (χ4v) is 5.45. The average molecular weight is 490 g/mol. The van der Waals surface area contributed by atoms with Crippen LogP contribution in [-0.4, -0.2) is 13.2 Å². The highest BCUT2D eigenvalue weighted by molar-refractivity contribution is 5.68. The first-order chi connectivity index (χ1) is 18.4. The van der Waals surface area contributed by atoms with Crippen molar-refractivity contribution >= 4 is 5.69 Å². The molecule has 1 aliphatic carbocycles. The minimum absolute atomic E-state index is 0.116. The van der Waals surface area contributed by atoms with Crippen LogP contribution in [0.3, 0.4) is 0 Å². The summed E-state index contributed by atoms with van der Waals surface area (Å²) in [7, 11) is 0. The lowest BCUT2D eigenvalue weighted by molar-refractivity contribution is 0.217. The normalized spacial score (nSPS) is 19.4. The molecule has 0 saturated heterocycles. The third kappa shape index (κ3) is 5.05. The second kappa shape index (κ2) is 10.8. The fraction of sp³-hybridized carbons (Fsp3) is 0.212. The largest absolute Gasteiger partial charge is 0.490 e. The Hall–Kier alpha value is -4.18. The maximum Gasteiger partial charge on any atom is 0.142 e. The summed E-state index contributed by atoms with van der Waals surface area (Å²) in [6, 6.07) is 35.1. The highest BCUT2D eigenvalue weighted by Crippen LogP contribution is 2.53. The smallest absolute Gasteiger partial charge is 0.142 e. The molecule has 0 fully saturated rings. The van der Waals surface area contributed by atoms with E-state index < -0.39 is 0 Å². The lowest BCUT2D eigenvalue weighted by Gasteiger charge is -2.38. The van der Waals surface area contributed by atoms with Crippen molar-refractivity contribution in [1.29, 1.82) is 0 Å². The maximum absolute atomic E-state index is 6.36. The molecule has 1 aliphatic heterocycles. The van der Waals surface area contributed by atoms with E-state index in [-0.39, 0.29) is 6.04 Å². The van der Waals surface area contributed by atoms with E-state index in [1.54, 1.807) is 0 Å². The molecule has 37 heavy (non-hydrogen) atoms. The Morgan fingerprint density at radius 3 is 2.22 bits per heavy atom. The quantitative estimate of drug-likeness (QED) is 0.195. The van der Waals surface area contributed by atoms with Crippen molar-refractivity contribution in [3.63, 3.8) is 0 Å². The third-order valence-corrected chi connectivity index (χ3v) is 7.20. The van der Waals surface area contributed by atoms with Crippen LogP contribution in [-0.2, 0) is 6.61 Å². The van der Waals surface area contributed by atoms with E-state index in [1.165, 1.54) is 11.1 Å². The summed E-state index contributed by atoms with van der Waals surface area (Å²) < 4.78 is 18.4. The van der Waals surface area contributed by atoms with Crippen LogP contribution in [0.4, 0.5) is 5.69 Å². The van der Waals surface area contributed by atoms with E-state index in [4.69, 9.17) is 14.2 Å². The van der Waals surface area contributed by atoms with Crippen LogP contribution in [0.15, 0.2) is 115 Å². The number of hydrogen-bond acceptors (Lipinski definition) is 4. The van der Waals surface area contributed by atoms with Gasteiger partial charge in [0.2, 0.25) is 0 Å². The molecule has 4 aromatic rings. The van der Waals surface area contributed by atoms with Crippen LogP contribution in [0.5, 0.6) is 17.2 Å². The van der Waals surface area contributed by atoms with Crippen LogP contribution in [0.2, 0.25) is 0 Å². The number of rotatable bonds is 9. The zero-order valence-electron chi connectivity index (χ0n) is 20.8. The van der Waals surface area contributed by atoms with Gasteiger partial charge in [-0.25, -0.2) is 0 Å². The van der Waals surface area contributed by atoms with Gasteiger partial charge in [0, 0.05) is 11.5 Å². The molecule has 2 aliphatic rings. The number of benzene rings is 4. The van der Waals surface area contributed by atoms with E-state index in [9.17, 15) is 0 Å². The molecule has 186 valence electrons. The number of fused-ring (bicyclic) bond motifs is 3.